The lowest BCUT2D eigenvalue weighted by Crippen LogP contribution is -2.04. The van der Waals surface area contributed by atoms with E-state index in [9.17, 15) is 0 Å². The molecule has 1 aromatic rings. The summed E-state index contributed by atoms with van der Waals surface area (Å²) >= 11 is 0. The van der Waals surface area contributed by atoms with Crippen molar-refractivity contribution in [3.8, 4) is 0 Å². The summed E-state index contributed by atoms with van der Waals surface area (Å²) in [4.78, 5) is 8.20. The molecule has 0 radical (unpaired) electrons. The van der Waals surface area contributed by atoms with E-state index in [1.165, 1.54) is 25.7 Å². The first-order valence-corrected chi connectivity index (χ1v) is 5.37. The molecular formula is C11H17N3. The SMILES string of the molecule is Cc1cc(NCCCC2CC2)ncn1. The van der Waals surface area contributed by atoms with Gasteiger partial charge in [0, 0.05) is 18.3 Å². The minimum atomic E-state index is 0.952. The van der Waals surface area contributed by atoms with Gasteiger partial charge in [-0.1, -0.05) is 12.8 Å². The van der Waals surface area contributed by atoms with Gasteiger partial charge in [-0.15, -0.1) is 0 Å². The predicted molar refractivity (Wildman–Crippen MR) is 57.2 cm³/mol. The average molecular weight is 191 g/mol. The smallest absolute Gasteiger partial charge is 0.129 e. The van der Waals surface area contributed by atoms with Crippen LogP contribution in [0.2, 0.25) is 0 Å². The molecule has 1 N–H and O–H groups in total. The van der Waals surface area contributed by atoms with Gasteiger partial charge < -0.3 is 5.32 Å². The highest BCUT2D eigenvalue weighted by Gasteiger charge is 2.19. The van der Waals surface area contributed by atoms with Crippen molar-refractivity contribution in [2.24, 2.45) is 5.92 Å². The van der Waals surface area contributed by atoms with Crippen LogP contribution in [0.4, 0.5) is 5.82 Å². The van der Waals surface area contributed by atoms with Crippen molar-refractivity contribution < 1.29 is 0 Å². The van der Waals surface area contributed by atoms with Gasteiger partial charge in [0.2, 0.25) is 0 Å². The molecule has 1 aliphatic rings. The van der Waals surface area contributed by atoms with Crippen LogP contribution in [0.25, 0.3) is 0 Å². The second-order valence-corrected chi connectivity index (χ2v) is 4.06. The van der Waals surface area contributed by atoms with Crippen LogP contribution in [-0.4, -0.2) is 16.5 Å². The lowest BCUT2D eigenvalue weighted by Gasteiger charge is -2.04. The first kappa shape index (κ1) is 9.44. The first-order chi connectivity index (χ1) is 6.84. The monoisotopic (exact) mass is 191 g/mol. The van der Waals surface area contributed by atoms with Crippen LogP contribution in [0.3, 0.4) is 0 Å². The molecule has 1 aromatic heterocycles. The van der Waals surface area contributed by atoms with Gasteiger partial charge in [0.25, 0.3) is 0 Å². The van der Waals surface area contributed by atoms with Gasteiger partial charge in [0.05, 0.1) is 0 Å². The van der Waals surface area contributed by atoms with Crippen LogP contribution in [0.5, 0.6) is 0 Å². The molecule has 1 fully saturated rings. The van der Waals surface area contributed by atoms with E-state index >= 15 is 0 Å². The highest BCUT2D eigenvalue weighted by Crippen LogP contribution is 2.33. The summed E-state index contributed by atoms with van der Waals surface area (Å²) in [5.74, 6) is 1.98. The maximum atomic E-state index is 4.15. The predicted octanol–water partition coefficient (Wildman–Crippen LogP) is 2.39. The third-order valence-electron chi connectivity index (χ3n) is 2.60. The zero-order valence-corrected chi connectivity index (χ0v) is 8.66. The molecule has 3 heteroatoms. The highest BCUT2D eigenvalue weighted by molar-refractivity contribution is 5.33. The van der Waals surface area contributed by atoms with Crippen LogP contribution >= 0.6 is 0 Å². The van der Waals surface area contributed by atoms with Crippen LogP contribution in [-0.2, 0) is 0 Å². The van der Waals surface area contributed by atoms with Crippen molar-refractivity contribution in [3.63, 3.8) is 0 Å². The molecule has 0 aromatic carbocycles. The van der Waals surface area contributed by atoms with Crippen molar-refractivity contribution in [3.05, 3.63) is 18.1 Å². The van der Waals surface area contributed by atoms with Crippen LogP contribution in [0.15, 0.2) is 12.4 Å². The van der Waals surface area contributed by atoms with Crippen LogP contribution in [0, 0.1) is 12.8 Å². The van der Waals surface area contributed by atoms with Crippen molar-refractivity contribution in [1.29, 1.82) is 0 Å². The topological polar surface area (TPSA) is 37.8 Å². The Morgan fingerprint density at radius 2 is 2.29 bits per heavy atom. The fourth-order valence-electron chi connectivity index (χ4n) is 1.56. The Bertz CT molecular complexity index is 294. The quantitative estimate of drug-likeness (QED) is 0.726. The van der Waals surface area contributed by atoms with E-state index in [1.54, 1.807) is 6.33 Å². The Hall–Kier alpha value is -1.12. The molecule has 0 saturated heterocycles. The largest absolute Gasteiger partial charge is 0.370 e. The van der Waals surface area contributed by atoms with Gasteiger partial charge in [-0.2, -0.15) is 0 Å². The van der Waals surface area contributed by atoms with Crippen molar-refractivity contribution in [1.82, 2.24) is 9.97 Å². The van der Waals surface area contributed by atoms with Gasteiger partial charge in [0.1, 0.15) is 12.1 Å². The molecule has 14 heavy (non-hydrogen) atoms. The fraction of sp³-hybridized carbons (Fsp3) is 0.636. The Morgan fingerprint density at radius 1 is 1.43 bits per heavy atom. The summed E-state index contributed by atoms with van der Waals surface area (Å²) in [6, 6.07) is 1.98. The van der Waals surface area contributed by atoms with E-state index in [2.05, 4.69) is 15.3 Å². The second kappa shape index (κ2) is 4.40. The molecule has 0 aliphatic heterocycles. The zero-order chi connectivity index (χ0) is 9.80. The van der Waals surface area contributed by atoms with Gasteiger partial charge in [-0.3, -0.25) is 0 Å². The maximum Gasteiger partial charge on any atom is 0.129 e. The Kier molecular flexibility index (Phi) is 2.96. The molecule has 2 rings (SSSR count). The molecule has 3 nitrogen and oxygen atoms in total. The molecule has 76 valence electrons. The van der Waals surface area contributed by atoms with Gasteiger partial charge in [-0.05, 0) is 25.7 Å². The summed E-state index contributed by atoms with van der Waals surface area (Å²) in [6.07, 6.45) is 7.14. The number of rotatable bonds is 5. The lowest BCUT2D eigenvalue weighted by molar-refractivity contribution is 0.686. The second-order valence-electron chi connectivity index (χ2n) is 4.06. The molecule has 1 heterocycles. The third-order valence-corrected chi connectivity index (χ3v) is 2.60. The number of hydrogen-bond donors (Lipinski definition) is 1. The molecular weight excluding hydrogens is 174 g/mol. The number of nitrogens with zero attached hydrogens (tertiary/aromatic N) is 2. The van der Waals surface area contributed by atoms with Gasteiger partial charge in [-0.25, -0.2) is 9.97 Å². The van der Waals surface area contributed by atoms with E-state index < -0.39 is 0 Å². The highest BCUT2D eigenvalue weighted by atomic mass is 15.0. The van der Waals surface area contributed by atoms with Crippen molar-refractivity contribution in [2.75, 3.05) is 11.9 Å². The Morgan fingerprint density at radius 3 is 3.00 bits per heavy atom. The van der Waals surface area contributed by atoms with E-state index in [1.807, 2.05) is 13.0 Å². The Balaban J connectivity index is 1.68. The normalized spacial score (nSPS) is 15.5. The molecule has 0 unspecified atom stereocenters. The third kappa shape index (κ3) is 2.98. The number of aromatic nitrogens is 2. The standard InChI is InChI=1S/C11H17N3/c1-9-7-11(14-8-13-9)12-6-2-3-10-4-5-10/h7-8,10H,2-6H2,1H3,(H,12,13,14). The van der Waals surface area contributed by atoms with Crippen LogP contribution < -0.4 is 5.32 Å². The summed E-state index contributed by atoms with van der Waals surface area (Å²) in [5.41, 5.74) is 1.02. The summed E-state index contributed by atoms with van der Waals surface area (Å²) in [7, 11) is 0. The average Bonchev–Trinajstić information content (AvgIpc) is 2.96. The number of aryl methyl sites for hydroxylation is 1. The summed E-state index contributed by atoms with van der Waals surface area (Å²) in [6.45, 7) is 3.02. The summed E-state index contributed by atoms with van der Waals surface area (Å²) in [5, 5.41) is 3.32. The zero-order valence-electron chi connectivity index (χ0n) is 8.66. The van der Waals surface area contributed by atoms with E-state index in [-0.39, 0.29) is 0 Å². The lowest BCUT2D eigenvalue weighted by atomic mass is 10.2. The fourth-order valence-corrected chi connectivity index (χ4v) is 1.56. The molecule has 0 spiro atoms. The first-order valence-electron chi connectivity index (χ1n) is 5.37. The van der Waals surface area contributed by atoms with Crippen LogP contribution in [0.1, 0.15) is 31.4 Å². The molecule has 0 bridgehead atoms. The minimum Gasteiger partial charge on any atom is -0.370 e. The number of anilines is 1. The number of nitrogens with one attached hydrogen (secondary N) is 1. The minimum absolute atomic E-state index is 0.952. The van der Waals surface area contributed by atoms with Crippen molar-refractivity contribution >= 4 is 5.82 Å². The number of hydrogen-bond acceptors (Lipinski definition) is 3. The molecule has 1 saturated carbocycles. The van der Waals surface area contributed by atoms with Gasteiger partial charge >= 0.3 is 0 Å². The molecule has 1 aliphatic carbocycles. The van der Waals surface area contributed by atoms with E-state index in [0.717, 1.165) is 24.0 Å². The summed E-state index contributed by atoms with van der Waals surface area (Å²) < 4.78 is 0. The van der Waals surface area contributed by atoms with E-state index in [4.69, 9.17) is 0 Å². The Labute approximate surface area is 85.0 Å². The molecule has 0 amide bonds. The van der Waals surface area contributed by atoms with E-state index in [0.29, 0.717) is 0 Å². The maximum absolute atomic E-state index is 4.15. The van der Waals surface area contributed by atoms with Crippen molar-refractivity contribution in [2.45, 2.75) is 32.6 Å². The van der Waals surface area contributed by atoms with Gasteiger partial charge in [0.15, 0.2) is 0 Å². The molecule has 0 atom stereocenters.